The van der Waals surface area contributed by atoms with E-state index in [1.54, 1.807) is 37.3 Å². The van der Waals surface area contributed by atoms with Crippen LogP contribution in [0.5, 0.6) is 0 Å². The Labute approximate surface area is 111 Å². The van der Waals surface area contributed by atoms with Crippen LogP contribution in [0, 0.1) is 12.7 Å². The topological polar surface area (TPSA) is 20.2 Å². The lowest BCUT2D eigenvalue weighted by Gasteiger charge is -2.24. The molecule has 96 valence electrons. The number of thiophene rings is 1. The molecule has 0 aliphatic carbocycles. The van der Waals surface area contributed by atoms with Crippen LogP contribution in [-0.2, 0) is 12.0 Å². The molecule has 2 rings (SSSR count). The first kappa shape index (κ1) is 13.2. The Balaban J connectivity index is 2.11. The van der Waals surface area contributed by atoms with Gasteiger partial charge < -0.3 is 5.11 Å². The number of benzene rings is 1. The predicted molar refractivity (Wildman–Crippen MR) is 73.3 cm³/mol. The molecule has 1 unspecified atom stereocenters. The number of hydrogen-bond donors (Lipinski definition) is 1. The fourth-order valence-electron chi connectivity index (χ4n) is 1.89. The standard InChI is InChI=1S/C15H17FOS/c1-11-5-6-12(10-14(11)16)15(2,17)8-7-13-4-3-9-18-13/h3-6,9-10,17H,7-8H2,1-2H3. The Morgan fingerprint density at radius 2 is 2.11 bits per heavy atom. The van der Waals surface area contributed by atoms with E-state index in [2.05, 4.69) is 6.07 Å². The van der Waals surface area contributed by atoms with Gasteiger partial charge in [-0.15, -0.1) is 11.3 Å². The summed E-state index contributed by atoms with van der Waals surface area (Å²) in [6.45, 7) is 3.46. The molecule has 0 aliphatic rings. The zero-order valence-corrected chi connectivity index (χ0v) is 11.4. The highest BCUT2D eigenvalue weighted by Crippen LogP contribution is 2.28. The molecule has 18 heavy (non-hydrogen) atoms. The summed E-state index contributed by atoms with van der Waals surface area (Å²) in [5.74, 6) is -0.260. The zero-order valence-electron chi connectivity index (χ0n) is 10.6. The molecule has 1 aromatic heterocycles. The molecule has 1 aromatic carbocycles. The minimum Gasteiger partial charge on any atom is -0.385 e. The monoisotopic (exact) mass is 264 g/mol. The van der Waals surface area contributed by atoms with Crippen LogP contribution in [0.15, 0.2) is 35.7 Å². The van der Waals surface area contributed by atoms with E-state index >= 15 is 0 Å². The fourth-order valence-corrected chi connectivity index (χ4v) is 2.60. The maximum absolute atomic E-state index is 13.5. The van der Waals surface area contributed by atoms with Gasteiger partial charge in [0.1, 0.15) is 5.82 Å². The van der Waals surface area contributed by atoms with Crippen molar-refractivity contribution in [3.05, 3.63) is 57.5 Å². The van der Waals surface area contributed by atoms with Crippen LogP contribution in [0.2, 0.25) is 0 Å². The maximum atomic E-state index is 13.5. The summed E-state index contributed by atoms with van der Waals surface area (Å²) in [4.78, 5) is 1.24. The Morgan fingerprint density at radius 1 is 1.33 bits per heavy atom. The average Bonchev–Trinajstić information content (AvgIpc) is 2.83. The first-order valence-electron chi connectivity index (χ1n) is 6.00. The predicted octanol–water partition coefficient (Wildman–Crippen LogP) is 4.04. The van der Waals surface area contributed by atoms with Crippen LogP contribution in [0.3, 0.4) is 0 Å². The summed E-state index contributed by atoms with van der Waals surface area (Å²) in [5.41, 5.74) is 0.258. The Hall–Kier alpha value is -1.19. The smallest absolute Gasteiger partial charge is 0.126 e. The van der Waals surface area contributed by atoms with E-state index in [1.807, 2.05) is 11.4 Å². The van der Waals surface area contributed by atoms with Crippen LogP contribution in [0.1, 0.15) is 29.3 Å². The van der Waals surface area contributed by atoms with Gasteiger partial charge in [-0.3, -0.25) is 0 Å². The molecule has 2 aromatic rings. The van der Waals surface area contributed by atoms with E-state index in [-0.39, 0.29) is 5.82 Å². The summed E-state index contributed by atoms with van der Waals surface area (Å²) in [5, 5.41) is 12.5. The van der Waals surface area contributed by atoms with Gasteiger partial charge in [0.15, 0.2) is 0 Å². The van der Waals surface area contributed by atoms with Crippen LogP contribution in [0.25, 0.3) is 0 Å². The zero-order chi connectivity index (χ0) is 13.2. The molecule has 0 spiro atoms. The second kappa shape index (κ2) is 5.21. The quantitative estimate of drug-likeness (QED) is 0.883. The lowest BCUT2D eigenvalue weighted by atomic mass is 9.90. The van der Waals surface area contributed by atoms with Gasteiger partial charge >= 0.3 is 0 Å². The van der Waals surface area contributed by atoms with E-state index < -0.39 is 5.60 Å². The molecule has 1 atom stereocenters. The SMILES string of the molecule is Cc1ccc(C(C)(O)CCc2cccs2)cc1F. The van der Waals surface area contributed by atoms with E-state index in [4.69, 9.17) is 0 Å². The van der Waals surface area contributed by atoms with Crippen molar-refractivity contribution in [2.75, 3.05) is 0 Å². The molecule has 0 radical (unpaired) electrons. The van der Waals surface area contributed by atoms with Gasteiger partial charge in [0.25, 0.3) is 0 Å². The van der Waals surface area contributed by atoms with Gasteiger partial charge in [-0.2, -0.15) is 0 Å². The molecule has 3 heteroatoms. The van der Waals surface area contributed by atoms with E-state index in [0.717, 1.165) is 6.42 Å². The van der Waals surface area contributed by atoms with Crippen LogP contribution in [0.4, 0.5) is 4.39 Å². The molecular formula is C15H17FOS. The van der Waals surface area contributed by atoms with Crippen molar-refractivity contribution in [2.24, 2.45) is 0 Å². The van der Waals surface area contributed by atoms with E-state index in [0.29, 0.717) is 17.5 Å². The largest absolute Gasteiger partial charge is 0.385 e. The summed E-state index contributed by atoms with van der Waals surface area (Å²) in [6, 6.07) is 9.00. The number of halogens is 1. The minimum absolute atomic E-state index is 0.260. The molecular weight excluding hydrogens is 247 g/mol. The number of hydrogen-bond acceptors (Lipinski definition) is 2. The van der Waals surface area contributed by atoms with Crippen molar-refractivity contribution in [1.29, 1.82) is 0 Å². The Bertz CT molecular complexity index is 517. The van der Waals surface area contributed by atoms with Gasteiger partial charge in [-0.05, 0) is 55.3 Å². The average molecular weight is 264 g/mol. The summed E-state index contributed by atoms with van der Waals surface area (Å²) in [7, 11) is 0. The van der Waals surface area contributed by atoms with Crippen molar-refractivity contribution in [1.82, 2.24) is 0 Å². The summed E-state index contributed by atoms with van der Waals surface area (Å²) >= 11 is 1.68. The Morgan fingerprint density at radius 3 is 2.72 bits per heavy atom. The highest BCUT2D eigenvalue weighted by Gasteiger charge is 2.23. The van der Waals surface area contributed by atoms with Crippen molar-refractivity contribution in [2.45, 2.75) is 32.3 Å². The molecule has 0 bridgehead atoms. The van der Waals surface area contributed by atoms with Crippen molar-refractivity contribution in [3.8, 4) is 0 Å². The Kier molecular flexibility index (Phi) is 3.83. The molecule has 1 nitrogen and oxygen atoms in total. The maximum Gasteiger partial charge on any atom is 0.126 e. The third-order valence-electron chi connectivity index (χ3n) is 3.23. The van der Waals surface area contributed by atoms with E-state index in [1.165, 1.54) is 10.9 Å². The second-order valence-electron chi connectivity index (χ2n) is 4.82. The van der Waals surface area contributed by atoms with Crippen molar-refractivity contribution < 1.29 is 9.50 Å². The molecule has 0 fully saturated rings. The lowest BCUT2D eigenvalue weighted by Crippen LogP contribution is -2.22. The third kappa shape index (κ3) is 2.98. The first-order valence-corrected chi connectivity index (χ1v) is 6.88. The number of aryl methyl sites for hydroxylation is 2. The molecule has 1 N–H and O–H groups in total. The second-order valence-corrected chi connectivity index (χ2v) is 5.85. The lowest BCUT2D eigenvalue weighted by molar-refractivity contribution is 0.0479. The van der Waals surface area contributed by atoms with Gasteiger partial charge in [0.05, 0.1) is 5.60 Å². The molecule has 1 heterocycles. The number of rotatable bonds is 4. The molecule has 0 saturated carbocycles. The van der Waals surface area contributed by atoms with Gasteiger partial charge in [-0.25, -0.2) is 4.39 Å². The normalized spacial score (nSPS) is 14.4. The van der Waals surface area contributed by atoms with Gasteiger partial charge in [0, 0.05) is 4.88 Å². The van der Waals surface area contributed by atoms with E-state index in [9.17, 15) is 9.50 Å². The molecule has 0 saturated heterocycles. The van der Waals surface area contributed by atoms with Crippen LogP contribution < -0.4 is 0 Å². The van der Waals surface area contributed by atoms with Crippen molar-refractivity contribution >= 4 is 11.3 Å². The van der Waals surface area contributed by atoms with Crippen molar-refractivity contribution in [3.63, 3.8) is 0 Å². The van der Waals surface area contributed by atoms with Gasteiger partial charge in [0.2, 0.25) is 0 Å². The first-order chi connectivity index (χ1) is 8.49. The fraction of sp³-hybridized carbons (Fsp3) is 0.333. The highest BCUT2D eigenvalue weighted by atomic mass is 32.1. The molecule has 0 amide bonds. The van der Waals surface area contributed by atoms with Gasteiger partial charge in [-0.1, -0.05) is 18.2 Å². The number of aliphatic hydroxyl groups is 1. The highest BCUT2D eigenvalue weighted by molar-refractivity contribution is 7.09. The third-order valence-corrected chi connectivity index (χ3v) is 4.17. The minimum atomic E-state index is -0.988. The summed E-state index contributed by atoms with van der Waals surface area (Å²) < 4.78 is 13.5. The van der Waals surface area contributed by atoms with Crippen LogP contribution >= 0.6 is 11.3 Å². The van der Waals surface area contributed by atoms with Crippen LogP contribution in [-0.4, -0.2) is 5.11 Å². The molecule has 0 aliphatic heterocycles. The summed E-state index contributed by atoms with van der Waals surface area (Å²) in [6.07, 6.45) is 1.40.